The fraction of sp³-hybridized carbons (Fsp3) is 0.389. The minimum atomic E-state index is -0.0313. The lowest BCUT2D eigenvalue weighted by Gasteiger charge is -2.36. The van der Waals surface area contributed by atoms with E-state index in [-0.39, 0.29) is 24.7 Å². The highest BCUT2D eigenvalue weighted by molar-refractivity contribution is 5.79. The molecule has 2 aliphatic heterocycles. The molecule has 2 aromatic rings. The lowest BCUT2D eigenvalue weighted by molar-refractivity contribution is -0.153. The van der Waals surface area contributed by atoms with Crippen molar-refractivity contribution in [1.82, 2.24) is 14.9 Å². The number of carbonyl (C=O) groups is 1. The van der Waals surface area contributed by atoms with E-state index in [4.69, 9.17) is 9.47 Å². The van der Waals surface area contributed by atoms with Crippen LogP contribution in [0.3, 0.4) is 0 Å². The third-order valence-corrected chi connectivity index (χ3v) is 4.68. The van der Waals surface area contributed by atoms with Crippen LogP contribution in [-0.2, 0) is 16.1 Å². The van der Waals surface area contributed by atoms with Crippen molar-refractivity contribution >= 4 is 11.9 Å². The molecule has 130 valence electrons. The zero-order valence-electron chi connectivity index (χ0n) is 14.0. The molecule has 0 spiro atoms. The molecular weight excluding hydrogens is 320 g/mol. The summed E-state index contributed by atoms with van der Waals surface area (Å²) in [5.41, 5.74) is 1.12. The van der Waals surface area contributed by atoms with E-state index in [0.717, 1.165) is 5.56 Å². The maximum absolute atomic E-state index is 12.4. The second kappa shape index (κ2) is 6.68. The molecule has 2 saturated heterocycles. The summed E-state index contributed by atoms with van der Waals surface area (Å²) in [5, 5.41) is 0. The Morgan fingerprint density at radius 1 is 1.24 bits per heavy atom. The Kier molecular flexibility index (Phi) is 4.23. The Morgan fingerprint density at radius 3 is 2.88 bits per heavy atom. The number of anilines is 1. The molecule has 0 bridgehead atoms. The summed E-state index contributed by atoms with van der Waals surface area (Å²) in [6, 6.07) is 11.7. The lowest BCUT2D eigenvalue weighted by atomic mass is 10.1. The second-order valence-corrected chi connectivity index (χ2v) is 6.23. The van der Waals surface area contributed by atoms with Crippen LogP contribution in [0.1, 0.15) is 5.56 Å². The Labute approximate surface area is 146 Å². The average Bonchev–Trinajstić information content (AvgIpc) is 3.10. The largest absolute Gasteiger partial charge is 0.481 e. The van der Waals surface area contributed by atoms with Gasteiger partial charge in [0.25, 0.3) is 0 Å². The Morgan fingerprint density at radius 2 is 2.08 bits per heavy atom. The van der Waals surface area contributed by atoms with Crippen molar-refractivity contribution in [3.05, 3.63) is 48.2 Å². The number of morpholine rings is 1. The third-order valence-electron chi connectivity index (χ3n) is 4.68. The SMILES string of the molecule is COc1ccnc(N2CC3OCC(=O)N(Cc4ccccc4)C3C2)n1. The van der Waals surface area contributed by atoms with Gasteiger partial charge in [0.2, 0.25) is 17.7 Å². The van der Waals surface area contributed by atoms with E-state index in [9.17, 15) is 4.79 Å². The fourth-order valence-electron chi connectivity index (χ4n) is 3.41. The van der Waals surface area contributed by atoms with Crippen LogP contribution in [0.15, 0.2) is 42.6 Å². The van der Waals surface area contributed by atoms with Crippen LogP contribution < -0.4 is 9.64 Å². The number of benzene rings is 1. The summed E-state index contributed by atoms with van der Waals surface area (Å²) in [4.78, 5) is 25.1. The molecule has 0 radical (unpaired) electrons. The first kappa shape index (κ1) is 15.8. The summed E-state index contributed by atoms with van der Waals surface area (Å²) in [7, 11) is 1.58. The van der Waals surface area contributed by atoms with Crippen LogP contribution in [0.5, 0.6) is 5.88 Å². The van der Waals surface area contributed by atoms with Crippen LogP contribution in [0.25, 0.3) is 0 Å². The van der Waals surface area contributed by atoms with Crippen molar-refractivity contribution in [3.8, 4) is 5.88 Å². The third kappa shape index (κ3) is 3.15. The van der Waals surface area contributed by atoms with E-state index in [2.05, 4.69) is 14.9 Å². The van der Waals surface area contributed by atoms with Crippen molar-refractivity contribution in [3.63, 3.8) is 0 Å². The quantitative estimate of drug-likeness (QED) is 0.830. The molecule has 2 fully saturated rings. The number of hydrogen-bond acceptors (Lipinski definition) is 6. The van der Waals surface area contributed by atoms with Crippen molar-refractivity contribution in [1.29, 1.82) is 0 Å². The van der Waals surface area contributed by atoms with Gasteiger partial charge in [0, 0.05) is 31.9 Å². The van der Waals surface area contributed by atoms with E-state index < -0.39 is 0 Å². The summed E-state index contributed by atoms with van der Waals surface area (Å²) in [5.74, 6) is 1.15. The number of methoxy groups -OCH3 is 1. The number of aromatic nitrogens is 2. The van der Waals surface area contributed by atoms with Crippen LogP contribution >= 0.6 is 0 Å². The highest BCUT2D eigenvalue weighted by Crippen LogP contribution is 2.27. The summed E-state index contributed by atoms with van der Waals surface area (Å²) in [6.45, 7) is 2.03. The number of rotatable bonds is 4. The number of amides is 1. The van der Waals surface area contributed by atoms with E-state index >= 15 is 0 Å². The summed E-state index contributed by atoms with van der Waals surface area (Å²) in [6.07, 6.45) is 1.65. The van der Waals surface area contributed by atoms with Crippen LogP contribution in [0.2, 0.25) is 0 Å². The van der Waals surface area contributed by atoms with Gasteiger partial charge in [0.05, 0.1) is 19.3 Å². The predicted molar refractivity (Wildman–Crippen MR) is 91.3 cm³/mol. The minimum absolute atomic E-state index is 0.00347. The topological polar surface area (TPSA) is 67.8 Å². The first-order valence-corrected chi connectivity index (χ1v) is 8.31. The van der Waals surface area contributed by atoms with Gasteiger partial charge in [-0.15, -0.1) is 0 Å². The molecule has 2 atom stereocenters. The Bertz CT molecular complexity index is 755. The van der Waals surface area contributed by atoms with E-state index in [1.165, 1.54) is 0 Å². The highest BCUT2D eigenvalue weighted by atomic mass is 16.5. The molecular formula is C18H20N4O3. The van der Waals surface area contributed by atoms with Crippen molar-refractivity contribution < 1.29 is 14.3 Å². The Hall–Kier alpha value is -2.67. The second-order valence-electron chi connectivity index (χ2n) is 6.23. The number of carbonyl (C=O) groups excluding carboxylic acids is 1. The summed E-state index contributed by atoms with van der Waals surface area (Å²) >= 11 is 0. The molecule has 2 unspecified atom stereocenters. The molecule has 7 nitrogen and oxygen atoms in total. The normalized spacial score (nSPS) is 22.8. The monoisotopic (exact) mass is 340 g/mol. The molecule has 2 aliphatic rings. The van der Waals surface area contributed by atoms with Gasteiger partial charge in [-0.2, -0.15) is 4.98 Å². The van der Waals surface area contributed by atoms with Gasteiger partial charge in [0.1, 0.15) is 6.61 Å². The van der Waals surface area contributed by atoms with E-state index in [1.807, 2.05) is 35.2 Å². The number of ether oxygens (including phenoxy) is 2. The zero-order chi connectivity index (χ0) is 17.2. The summed E-state index contributed by atoms with van der Waals surface area (Å²) < 4.78 is 10.9. The van der Waals surface area contributed by atoms with Crippen molar-refractivity contribution in [2.45, 2.75) is 18.7 Å². The van der Waals surface area contributed by atoms with E-state index in [0.29, 0.717) is 31.5 Å². The number of hydrogen-bond donors (Lipinski definition) is 0. The molecule has 25 heavy (non-hydrogen) atoms. The molecule has 3 heterocycles. The minimum Gasteiger partial charge on any atom is -0.481 e. The molecule has 4 rings (SSSR count). The van der Waals surface area contributed by atoms with Gasteiger partial charge >= 0.3 is 0 Å². The standard InChI is InChI=1S/C18H20N4O3/c1-24-16-7-8-19-18(20-16)21-10-14-15(11-21)25-12-17(23)22(14)9-13-5-3-2-4-6-13/h2-8,14-15H,9-12H2,1H3. The number of fused-ring (bicyclic) bond motifs is 1. The number of nitrogens with zero attached hydrogens (tertiary/aromatic N) is 4. The molecule has 0 saturated carbocycles. The molecule has 0 aliphatic carbocycles. The van der Waals surface area contributed by atoms with Gasteiger partial charge in [-0.05, 0) is 5.56 Å². The molecule has 1 aromatic heterocycles. The first-order valence-electron chi connectivity index (χ1n) is 8.31. The maximum atomic E-state index is 12.4. The molecule has 7 heteroatoms. The van der Waals surface area contributed by atoms with Crippen molar-refractivity contribution in [2.24, 2.45) is 0 Å². The zero-order valence-corrected chi connectivity index (χ0v) is 14.0. The smallest absolute Gasteiger partial charge is 0.249 e. The average molecular weight is 340 g/mol. The van der Waals surface area contributed by atoms with Gasteiger partial charge < -0.3 is 19.3 Å². The van der Waals surface area contributed by atoms with Gasteiger partial charge in [-0.25, -0.2) is 4.98 Å². The Balaban J connectivity index is 1.54. The maximum Gasteiger partial charge on any atom is 0.249 e. The molecule has 1 amide bonds. The lowest BCUT2D eigenvalue weighted by Crippen LogP contribution is -2.53. The van der Waals surface area contributed by atoms with Crippen LogP contribution in [0, 0.1) is 0 Å². The van der Waals surface area contributed by atoms with Gasteiger partial charge in [-0.1, -0.05) is 30.3 Å². The van der Waals surface area contributed by atoms with Gasteiger partial charge in [0.15, 0.2) is 0 Å². The molecule has 1 aromatic carbocycles. The predicted octanol–water partition coefficient (Wildman–Crippen LogP) is 1.10. The van der Waals surface area contributed by atoms with Gasteiger partial charge in [-0.3, -0.25) is 4.79 Å². The van der Waals surface area contributed by atoms with Crippen LogP contribution in [-0.4, -0.2) is 59.7 Å². The van der Waals surface area contributed by atoms with Crippen molar-refractivity contribution in [2.75, 3.05) is 31.7 Å². The molecule has 0 N–H and O–H groups in total. The van der Waals surface area contributed by atoms with Crippen LogP contribution in [0.4, 0.5) is 5.95 Å². The van der Waals surface area contributed by atoms with E-state index in [1.54, 1.807) is 19.4 Å². The fourth-order valence-corrected chi connectivity index (χ4v) is 3.41. The highest BCUT2D eigenvalue weighted by Gasteiger charge is 2.43. The first-order chi connectivity index (χ1) is 12.2.